The molecular formula is C13H19NO2. The second-order valence-electron chi connectivity index (χ2n) is 4.32. The zero-order valence-corrected chi connectivity index (χ0v) is 9.43. The summed E-state index contributed by atoms with van der Waals surface area (Å²) in [5.41, 5.74) is 6.65. The fourth-order valence-corrected chi connectivity index (χ4v) is 2.17. The van der Waals surface area contributed by atoms with Gasteiger partial charge in [0.25, 0.3) is 0 Å². The predicted molar refractivity (Wildman–Crippen MR) is 63.2 cm³/mol. The number of hydrogen-bond acceptors (Lipinski definition) is 3. The minimum atomic E-state index is -0.334. The minimum absolute atomic E-state index is 0.0681. The van der Waals surface area contributed by atoms with Crippen molar-refractivity contribution >= 4 is 0 Å². The fraction of sp³-hybridized carbons (Fsp3) is 0.538. The summed E-state index contributed by atoms with van der Waals surface area (Å²) in [4.78, 5) is 0. The van der Waals surface area contributed by atoms with E-state index in [4.69, 9.17) is 10.5 Å². The molecule has 1 aliphatic carbocycles. The van der Waals surface area contributed by atoms with Crippen LogP contribution in [-0.2, 0) is 6.54 Å². The lowest BCUT2D eigenvalue weighted by Crippen LogP contribution is -2.34. The average Bonchev–Trinajstić information content (AvgIpc) is 2.33. The molecule has 0 heterocycles. The van der Waals surface area contributed by atoms with Crippen LogP contribution < -0.4 is 10.5 Å². The molecule has 3 nitrogen and oxygen atoms in total. The summed E-state index contributed by atoms with van der Waals surface area (Å²) in [7, 11) is 0. The molecule has 1 saturated carbocycles. The van der Waals surface area contributed by atoms with Gasteiger partial charge < -0.3 is 15.6 Å². The zero-order valence-electron chi connectivity index (χ0n) is 9.43. The first-order chi connectivity index (χ1) is 7.81. The van der Waals surface area contributed by atoms with Gasteiger partial charge in [0.2, 0.25) is 0 Å². The Kier molecular flexibility index (Phi) is 3.80. The Labute approximate surface area is 96.2 Å². The number of aliphatic hydroxyl groups is 1. The standard InChI is InChI=1S/C13H19NO2/c14-9-10-5-1-3-7-12(10)16-13-8-4-2-6-11(13)15/h1,3,5,7,11,13,15H,2,4,6,8-9,14H2. The van der Waals surface area contributed by atoms with E-state index in [9.17, 15) is 5.11 Å². The quantitative estimate of drug-likeness (QED) is 0.818. The van der Waals surface area contributed by atoms with E-state index in [-0.39, 0.29) is 12.2 Å². The van der Waals surface area contributed by atoms with E-state index in [1.54, 1.807) is 0 Å². The minimum Gasteiger partial charge on any atom is -0.487 e. The summed E-state index contributed by atoms with van der Waals surface area (Å²) in [6.07, 6.45) is 3.60. The van der Waals surface area contributed by atoms with E-state index in [2.05, 4.69) is 0 Å². The highest BCUT2D eigenvalue weighted by Crippen LogP contribution is 2.26. The van der Waals surface area contributed by atoms with Crippen LogP contribution in [0, 0.1) is 0 Å². The van der Waals surface area contributed by atoms with Gasteiger partial charge in [-0.15, -0.1) is 0 Å². The fourth-order valence-electron chi connectivity index (χ4n) is 2.17. The number of rotatable bonds is 3. The number of para-hydroxylation sites is 1. The highest BCUT2D eigenvalue weighted by molar-refractivity contribution is 5.33. The van der Waals surface area contributed by atoms with Gasteiger partial charge >= 0.3 is 0 Å². The van der Waals surface area contributed by atoms with E-state index in [1.807, 2.05) is 24.3 Å². The van der Waals surface area contributed by atoms with Crippen molar-refractivity contribution in [1.29, 1.82) is 0 Å². The largest absolute Gasteiger partial charge is 0.487 e. The maximum Gasteiger partial charge on any atom is 0.124 e. The topological polar surface area (TPSA) is 55.5 Å². The van der Waals surface area contributed by atoms with Crippen LogP contribution in [0.5, 0.6) is 5.75 Å². The third kappa shape index (κ3) is 2.54. The molecule has 0 spiro atoms. The lowest BCUT2D eigenvalue weighted by Gasteiger charge is -2.28. The smallest absolute Gasteiger partial charge is 0.124 e. The molecule has 88 valence electrons. The van der Waals surface area contributed by atoms with Crippen LogP contribution in [0.2, 0.25) is 0 Å². The molecule has 2 atom stereocenters. The molecule has 3 heteroatoms. The molecule has 16 heavy (non-hydrogen) atoms. The van der Waals surface area contributed by atoms with E-state index in [0.29, 0.717) is 6.54 Å². The molecule has 3 N–H and O–H groups in total. The summed E-state index contributed by atoms with van der Waals surface area (Å²) >= 11 is 0. The van der Waals surface area contributed by atoms with Gasteiger partial charge in [-0.1, -0.05) is 24.6 Å². The zero-order chi connectivity index (χ0) is 11.4. The molecule has 2 unspecified atom stereocenters. The predicted octanol–water partition coefficient (Wildman–Crippen LogP) is 1.83. The van der Waals surface area contributed by atoms with E-state index in [1.165, 1.54) is 0 Å². The Bertz CT molecular complexity index is 340. The van der Waals surface area contributed by atoms with Crippen LogP contribution in [0.25, 0.3) is 0 Å². The van der Waals surface area contributed by atoms with Crippen molar-refractivity contribution in [3.63, 3.8) is 0 Å². The lowest BCUT2D eigenvalue weighted by molar-refractivity contribution is 0.00641. The van der Waals surface area contributed by atoms with Gasteiger partial charge in [0.1, 0.15) is 11.9 Å². The van der Waals surface area contributed by atoms with Crippen LogP contribution in [0.3, 0.4) is 0 Å². The molecule has 1 aromatic rings. The summed E-state index contributed by atoms with van der Waals surface area (Å²) in [5, 5.41) is 9.84. The molecule has 0 amide bonds. The first-order valence-corrected chi connectivity index (χ1v) is 5.94. The van der Waals surface area contributed by atoms with Gasteiger partial charge in [0, 0.05) is 12.1 Å². The van der Waals surface area contributed by atoms with Crippen LogP contribution in [0.4, 0.5) is 0 Å². The molecule has 1 aliphatic rings. The van der Waals surface area contributed by atoms with Crippen molar-refractivity contribution in [3.05, 3.63) is 29.8 Å². The van der Waals surface area contributed by atoms with Crippen LogP contribution >= 0.6 is 0 Å². The van der Waals surface area contributed by atoms with Crippen LogP contribution in [0.1, 0.15) is 31.2 Å². The van der Waals surface area contributed by atoms with Gasteiger partial charge in [0.15, 0.2) is 0 Å². The average molecular weight is 221 g/mol. The van der Waals surface area contributed by atoms with Crippen LogP contribution in [-0.4, -0.2) is 17.3 Å². The number of ether oxygens (including phenoxy) is 1. The SMILES string of the molecule is NCc1ccccc1OC1CCCCC1O. The Hall–Kier alpha value is -1.06. The first-order valence-electron chi connectivity index (χ1n) is 5.94. The molecular weight excluding hydrogens is 202 g/mol. The molecule has 1 aromatic carbocycles. The van der Waals surface area contributed by atoms with Crippen molar-refractivity contribution in [3.8, 4) is 5.75 Å². The second kappa shape index (κ2) is 5.32. The molecule has 0 saturated heterocycles. The first kappa shape index (κ1) is 11.4. The number of aliphatic hydroxyl groups excluding tert-OH is 1. The van der Waals surface area contributed by atoms with Crippen LogP contribution in [0.15, 0.2) is 24.3 Å². The monoisotopic (exact) mass is 221 g/mol. The maximum atomic E-state index is 9.84. The Morgan fingerprint density at radius 3 is 2.75 bits per heavy atom. The van der Waals surface area contributed by atoms with Gasteiger partial charge in [-0.3, -0.25) is 0 Å². The van der Waals surface area contributed by atoms with Crippen molar-refractivity contribution in [1.82, 2.24) is 0 Å². The molecule has 0 bridgehead atoms. The number of nitrogens with two attached hydrogens (primary N) is 1. The summed E-state index contributed by atoms with van der Waals surface area (Å²) in [6, 6.07) is 7.77. The van der Waals surface area contributed by atoms with Gasteiger partial charge in [-0.05, 0) is 25.3 Å². The normalized spacial score (nSPS) is 25.4. The lowest BCUT2D eigenvalue weighted by atomic mass is 9.95. The number of hydrogen-bond donors (Lipinski definition) is 2. The highest BCUT2D eigenvalue weighted by atomic mass is 16.5. The molecule has 2 rings (SSSR count). The Morgan fingerprint density at radius 2 is 2.00 bits per heavy atom. The molecule has 0 aromatic heterocycles. The molecule has 0 radical (unpaired) electrons. The summed E-state index contributed by atoms with van der Waals surface area (Å²) in [5.74, 6) is 0.816. The number of benzene rings is 1. The van der Waals surface area contributed by atoms with E-state index < -0.39 is 0 Å². The second-order valence-corrected chi connectivity index (χ2v) is 4.32. The van der Waals surface area contributed by atoms with Crippen molar-refractivity contribution in [2.75, 3.05) is 0 Å². The van der Waals surface area contributed by atoms with Crippen molar-refractivity contribution in [2.45, 2.75) is 44.4 Å². The Morgan fingerprint density at radius 1 is 1.25 bits per heavy atom. The summed E-state index contributed by atoms with van der Waals surface area (Å²) in [6.45, 7) is 0.471. The Balaban J connectivity index is 2.07. The van der Waals surface area contributed by atoms with Gasteiger partial charge in [-0.2, -0.15) is 0 Å². The van der Waals surface area contributed by atoms with Crippen molar-refractivity contribution < 1.29 is 9.84 Å². The maximum absolute atomic E-state index is 9.84. The van der Waals surface area contributed by atoms with Gasteiger partial charge in [0.05, 0.1) is 6.10 Å². The van der Waals surface area contributed by atoms with E-state index in [0.717, 1.165) is 37.0 Å². The summed E-state index contributed by atoms with van der Waals surface area (Å²) < 4.78 is 5.86. The third-order valence-electron chi connectivity index (χ3n) is 3.14. The van der Waals surface area contributed by atoms with E-state index >= 15 is 0 Å². The molecule has 0 aliphatic heterocycles. The van der Waals surface area contributed by atoms with Crippen molar-refractivity contribution in [2.24, 2.45) is 5.73 Å². The molecule has 1 fully saturated rings. The highest BCUT2D eigenvalue weighted by Gasteiger charge is 2.25. The van der Waals surface area contributed by atoms with Gasteiger partial charge in [-0.25, -0.2) is 0 Å². The third-order valence-corrected chi connectivity index (χ3v) is 3.14.